The van der Waals surface area contributed by atoms with Crippen LogP contribution < -0.4 is 10.1 Å². The lowest BCUT2D eigenvalue weighted by Gasteiger charge is -2.23. The highest BCUT2D eigenvalue weighted by Gasteiger charge is 2.32. The van der Waals surface area contributed by atoms with Crippen LogP contribution in [0, 0.1) is 13.8 Å². The maximum Gasteiger partial charge on any atom is 0.320 e. The summed E-state index contributed by atoms with van der Waals surface area (Å²) in [5, 5.41) is 2.64. The molecule has 0 aliphatic carbocycles. The van der Waals surface area contributed by atoms with Gasteiger partial charge < -0.3 is 15.0 Å². The van der Waals surface area contributed by atoms with Crippen molar-refractivity contribution in [1.82, 2.24) is 10.2 Å². The molecule has 1 fully saturated rings. The highest BCUT2D eigenvalue weighted by molar-refractivity contribution is 7.91. The maximum atomic E-state index is 12.0. The second kappa shape index (κ2) is 6.56. The normalized spacial score (nSPS) is 19.7. The SMILES string of the molecule is Cc1ccc(OCNC(=O)N(C)C2CCS(=O)(=O)C2)cc1C. The number of aryl methyl sites for hydroxylation is 2. The summed E-state index contributed by atoms with van der Waals surface area (Å²) in [6, 6.07) is 5.14. The molecule has 0 saturated carbocycles. The Balaban J connectivity index is 1.81. The number of rotatable bonds is 4. The van der Waals surface area contributed by atoms with Crippen LogP contribution in [0.15, 0.2) is 18.2 Å². The van der Waals surface area contributed by atoms with E-state index in [4.69, 9.17) is 4.74 Å². The largest absolute Gasteiger partial charge is 0.473 e. The average Bonchev–Trinajstić information content (AvgIpc) is 2.82. The molecule has 22 heavy (non-hydrogen) atoms. The topological polar surface area (TPSA) is 75.7 Å². The van der Waals surface area contributed by atoms with Crippen molar-refractivity contribution in [3.05, 3.63) is 29.3 Å². The smallest absolute Gasteiger partial charge is 0.320 e. The summed E-state index contributed by atoms with van der Waals surface area (Å²) in [6.45, 7) is 4.06. The zero-order valence-electron chi connectivity index (χ0n) is 13.1. The zero-order valence-corrected chi connectivity index (χ0v) is 13.9. The van der Waals surface area contributed by atoms with E-state index < -0.39 is 9.84 Å². The second-order valence-corrected chi connectivity index (χ2v) is 7.91. The molecule has 2 rings (SSSR count). The van der Waals surface area contributed by atoms with Gasteiger partial charge in [-0.1, -0.05) is 6.07 Å². The fourth-order valence-corrected chi connectivity index (χ4v) is 4.13. The number of ether oxygens (including phenoxy) is 1. The highest BCUT2D eigenvalue weighted by atomic mass is 32.2. The van der Waals surface area contributed by atoms with Crippen molar-refractivity contribution in [1.29, 1.82) is 0 Å². The van der Waals surface area contributed by atoms with Gasteiger partial charge in [0.15, 0.2) is 16.6 Å². The lowest BCUT2D eigenvalue weighted by atomic mass is 10.1. The van der Waals surface area contributed by atoms with E-state index in [9.17, 15) is 13.2 Å². The van der Waals surface area contributed by atoms with E-state index in [-0.39, 0.29) is 30.3 Å². The van der Waals surface area contributed by atoms with Gasteiger partial charge in [-0.15, -0.1) is 0 Å². The number of benzene rings is 1. The Morgan fingerprint density at radius 2 is 2.09 bits per heavy atom. The minimum absolute atomic E-state index is 0.0366. The first kappa shape index (κ1) is 16.6. The number of urea groups is 1. The van der Waals surface area contributed by atoms with Crippen LogP contribution in [0.25, 0.3) is 0 Å². The number of amides is 2. The predicted molar refractivity (Wildman–Crippen MR) is 84.8 cm³/mol. The third-order valence-corrected chi connectivity index (χ3v) is 5.77. The molecule has 1 unspecified atom stereocenters. The monoisotopic (exact) mass is 326 g/mol. The van der Waals surface area contributed by atoms with Gasteiger partial charge in [-0.25, -0.2) is 13.2 Å². The van der Waals surface area contributed by atoms with Crippen molar-refractivity contribution in [2.75, 3.05) is 25.3 Å². The summed E-state index contributed by atoms with van der Waals surface area (Å²) in [6.07, 6.45) is 0.490. The Morgan fingerprint density at radius 3 is 2.68 bits per heavy atom. The van der Waals surface area contributed by atoms with Gasteiger partial charge >= 0.3 is 6.03 Å². The third-order valence-electron chi connectivity index (χ3n) is 4.02. The molecular formula is C15H22N2O4S. The molecule has 1 aliphatic heterocycles. The van der Waals surface area contributed by atoms with Crippen LogP contribution >= 0.6 is 0 Å². The molecular weight excluding hydrogens is 304 g/mol. The van der Waals surface area contributed by atoms with Gasteiger partial charge in [0.1, 0.15) is 5.75 Å². The predicted octanol–water partition coefficient (Wildman–Crippen LogP) is 1.47. The van der Waals surface area contributed by atoms with E-state index in [2.05, 4.69) is 5.32 Å². The summed E-state index contributed by atoms with van der Waals surface area (Å²) < 4.78 is 28.4. The van der Waals surface area contributed by atoms with Gasteiger partial charge in [-0.2, -0.15) is 0 Å². The molecule has 0 spiro atoms. The number of hydrogen-bond acceptors (Lipinski definition) is 4. The lowest BCUT2D eigenvalue weighted by Crippen LogP contribution is -2.45. The summed E-state index contributed by atoms with van der Waals surface area (Å²) in [5.74, 6) is 0.873. The van der Waals surface area contributed by atoms with Gasteiger partial charge in [-0.3, -0.25) is 0 Å². The molecule has 1 saturated heterocycles. The lowest BCUT2D eigenvalue weighted by molar-refractivity contribution is 0.182. The second-order valence-electron chi connectivity index (χ2n) is 5.68. The van der Waals surface area contributed by atoms with Crippen molar-refractivity contribution in [3.8, 4) is 5.75 Å². The number of carbonyl (C=O) groups excluding carboxylic acids is 1. The average molecular weight is 326 g/mol. The van der Waals surface area contributed by atoms with Crippen molar-refractivity contribution >= 4 is 15.9 Å². The van der Waals surface area contributed by atoms with Gasteiger partial charge in [0.25, 0.3) is 0 Å². The molecule has 0 radical (unpaired) electrons. The Hall–Kier alpha value is -1.76. The van der Waals surface area contributed by atoms with Gasteiger partial charge in [0.05, 0.1) is 11.5 Å². The standard InChI is InChI=1S/C15H22N2O4S/c1-11-4-5-14(8-12(11)2)21-10-16-15(18)17(3)13-6-7-22(19,20)9-13/h4-5,8,13H,6-7,9-10H2,1-3H3,(H,16,18). The van der Waals surface area contributed by atoms with Crippen molar-refractivity contribution < 1.29 is 17.9 Å². The molecule has 0 aromatic heterocycles. The van der Waals surface area contributed by atoms with Crippen LogP contribution in [0.4, 0.5) is 4.79 Å². The number of nitrogens with zero attached hydrogens (tertiary/aromatic N) is 1. The van der Waals surface area contributed by atoms with Crippen LogP contribution in [0.1, 0.15) is 17.5 Å². The maximum absolute atomic E-state index is 12.0. The Kier molecular flexibility index (Phi) is 4.95. The quantitative estimate of drug-likeness (QED) is 0.850. The molecule has 2 amide bonds. The molecule has 1 aliphatic rings. The third kappa shape index (κ3) is 4.13. The van der Waals surface area contributed by atoms with E-state index in [1.807, 2.05) is 32.0 Å². The van der Waals surface area contributed by atoms with Gasteiger partial charge in [-0.05, 0) is 43.5 Å². The molecule has 1 aromatic carbocycles. The number of hydrogen-bond donors (Lipinski definition) is 1. The first-order chi connectivity index (χ1) is 10.3. The molecule has 1 N–H and O–H groups in total. The summed E-state index contributed by atoms with van der Waals surface area (Å²) in [4.78, 5) is 13.4. The van der Waals surface area contributed by atoms with Gasteiger partial charge in [0.2, 0.25) is 0 Å². The first-order valence-electron chi connectivity index (χ1n) is 7.19. The Labute approximate surface area is 131 Å². The molecule has 1 heterocycles. The summed E-state index contributed by atoms with van der Waals surface area (Å²) >= 11 is 0. The van der Waals surface area contributed by atoms with Crippen LogP contribution in [0.3, 0.4) is 0 Å². The zero-order chi connectivity index (χ0) is 16.3. The van der Waals surface area contributed by atoms with Crippen LogP contribution in [0.5, 0.6) is 5.75 Å². The minimum Gasteiger partial charge on any atom is -0.473 e. The van der Waals surface area contributed by atoms with E-state index in [1.165, 1.54) is 10.5 Å². The fraction of sp³-hybridized carbons (Fsp3) is 0.533. The summed E-state index contributed by atoms with van der Waals surface area (Å²) in [5.41, 5.74) is 2.30. The van der Waals surface area contributed by atoms with E-state index in [0.717, 1.165) is 5.56 Å². The highest BCUT2D eigenvalue weighted by Crippen LogP contribution is 2.17. The van der Waals surface area contributed by atoms with Crippen LogP contribution in [-0.2, 0) is 9.84 Å². The number of sulfone groups is 1. The molecule has 1 aromatic rings. The van der Waals surface area contributed by atoms with E-state index in [0.29, 0.717) is 12.2 Å². The van der Waals surface area contributed by atoms with Crippen LogP contribution in [0.2, 0.25) is 0 Å². The Bertz CT molecular complexity index is 658. The van der Waals surface area contributed by atoms with Crippen molar-refractivity contribution in [3.63, 3.8) is 0 Å². The van der Waals surface area contributed by atoms with Gasteiger partial charge in [0, 0.05) is 13.1 Å². The molecule has 0 bridgehead atoms. The van der Waals surface area contributed by atoms with Crippen LogP contribution in [-0.4, -0.2) is 50.7 Å². The van der Waals surface area contributed by atoms with E-state index in [1.54, 1.807) is 7.05 Å². The van der Waals surface area contributed by atoms with Crippen molar-refractivity contribution in [2.45, 2.75) is 26.3 Å². The summed E-state index contributed by atoms with van der Waals surface area (Å²) in [7, 11) is -1.39. The number of nitrogens with one attached hydrogen (secondary N) is 1. The Morgan fingerprint density at radius 1 is 1.36 bits per heavy atom. The molecule has 1 atom stereocenters. The van der Waals surface area contributed by atoms with E-state index >= 15 is 0 Å². The molecule has 7 heteroatoms. The molecule has 122 valence electrons. The fourth-order valence-electron chi connectivity index (χ4n) is 2.36. The first-order valence-corrected chi connectivity index (χ1v) is 9.02. The molecule has 6 nitrogen and oxygen atoms in total. The van der Waals surface area contributed by atoms with Crippen molar-refractivity contribution in [2.24, 2.45) is 0 Å². The minimum atomic E-state index is -3.00. The number of carbonyl (C=O) groups is 1.